The van der Waals surface area contributed by atoms with Gasteiger partial charge in [0.1, 0.15) is 0 Å². The number of aromatic nitrogens is 3. The summed E-state index contributed by atoms with van der Waals surface area (Å²) in [6, 6.07) is 11.4. The van der Waals surface area contributed by atoms with Crippen LogP contribution >= 0.6 is 23.1 Å². The van der Waals surface area contributed by atoms with Gasteiger partial charge in [-0.25, -0.2) is 0 Å². The third kappa shape index (κ3) is 5.46. The molecule has 0 atom stereocenters. The van der Waals surface area contributed by atoms with Crippen molar-refractivity contribution in [3.05, 3.63) is 42.1 Å². The molecule has 2 amide bonds. The first kappa shape index (κ1) is 22.3. The van der Waals surface area contributed by atoms with Crippen LogP contribution in [0.2, 0.25) is 0 Å². The van der Waals surface area contributed by atoms with Gasteiger partial charge in [0, 0.05) is 43.9 Å². The van der Waals surface area contributed by atoms with Gasteiger partial charge in [0.25, 0.3) is 5.91 Å². The van der Waals surface area contributed by atoms with Gasteiger partial charge in [-0.3, -0.25) is 9.59 Å². The molecule has 1 fully saturated rings. The number of carbonyl (C=O) groups is 2. The van der Waals surface area contributed by atoms with E-state index in [0.717, 1.165) is 15.0 Å². The number of carbonyl (C=O) groups excluding carboxylic acids is 2. The largest absolute Gasteiger partial charge is 0.355 e. The quantitative estimate of drug-likeness (QED) is 0.524. The molecule has 1 aliphatic rings. The van der Waals surface area contributed by atoms with Crippen molar-refractivity contribution in [2.45, 2.75) is 24.2 Å². The minimum Gasteiger partial charge on any atom is -0.355 e. The lowest BCUT2D eigenvalue weighted by molar-refractivity contribution is -0.119. The lowest BCUT2D eigenvalue weighted by Gasteiger charge is -2.33. The number of hydrogen-bond donors (Lipinski definition) is 1. The van der Waals surface area contributed by atoms with Crippen LogP contribution in [0, 0.1) is 0 Å². The zero-order valence-electron chi connectivity index (χ0n) is 17.9. The summed E-state index contributed by atoms with van der Waals surface area (Å²) >= 11 is 2.84. The van der Waals surface area contributed by atoms with Crippen LogP contribution in [0.25, 0.3) is 11.3 Å². The number of thioether (sulfide) groups is 1. The maximum absolute atomic E-state index is 12.8. The molecule has 11 heteroatoms. The van der Waals surface area contributed by atoms with Crippen molar-refractivity contribution in [1.82, 2.24) is 25.6 Å². The third-order valence-corrected chi connectivity index (χ3v) is 6.91. The minimum absolute atomic E-state index is 0.0165. The van der Waals surface area contributed by atoms with E-state index in [4.69, 9.17) is 4.52 Å². The molecule has 3 aromatic rings. The van der Waals surface area contributed by atoms with Crippen LogP contribution in [0.3, 0.4) is 0 Å². The zero-order valence-corrected chi connectivity index (χ0v) is 19.5. The molecule has 0 radical (unpaired) electrons. The molecule has 1 aliphatic heterocycles. The molecule has 0 aliphatic carbocycles. The summed E-state index contributed by atoms with van der Waals surface area (Å²) in [4.78, 5) is 28.5. The SMILES string of the molecule is CC(C)NC(=O)CSc1nnc(N2CCN(C(=O)c3cc(-c4ccccc4)on3)CC2)s1. The molecule has 3 heterocycles. The molecule has 0 spiro atoms. The Morgan fingerprint density at radius 3 is 2.62 bits per heavy atom. The second-order valence-electron chi connectivity index (χ2n) is 7.58. The van der Waals surface area contributed by atoms with Crippen molar-refractivity contribution in [2.24, 2.45) is 0 Å². The van der Waals surface area contributed by atoms with Crippen LogP contribution in [-0.2, 0) is 4.79 Å². The summed E-state index contributed by atoms with van der Waals surface area (Å²) in [6.45, 7) is 6.29. The molecule has 0 bridgehead atoms. The van der Waals surface area contributed by atoms with E-state index < -0.39 is 0 Å². The maximum atomic E-state index is 12.8. The lowest BCUT2D eigenvalue weighted by atomic mass is 10.1. The second-order valence-corrected chi connectivity index (χ2v) is 9.76. The van der Waals surface area contributed by atoms with E-state index in [1.807, 2.05) is 44.2 Å². The van der Waals surface area contributed by atoms with Gasteiger partial charge in [0.05, 0.1) is 5.75 Å². The van der Waals surface area contributed by atoms with Crippen molar-refractivity contribution in [1.29, 1.82) is 0 Å². The standard InChI is InChI=1S/C21H24N6O3S2/c1-14(2)22-18(28)13-31-21-24-23-20(32-21)27-10-8-26(9-11-27)19(29)16-12-17(30-25-16)15-6-4-3-5-7-15/h3-7,12,14H,8-11,13H2,1-2H3,(H,22,28). The minimum atomic E-state index is -0.139. The van der Waals surface area contributed by atoms with Gasteiger partial charge in [-0.1, -0.05) is 58.6 Å². The van der Waals surface area contributed by atoms with Crippen molar-refractivity contribution < 1.29 is 14.1 Å². The summed E-state index contributed by atoms with van der Waals surface area (Å²) in [5.74, 6) is 0.739. The monoisotopic (exact) mass is 472 g/mol. The molecule has 9 nitrogen and oxygen atoms in total. The molecule has 1 N–H and O–H groups in total. The molecular weight excluding hydrogens is 448 g/mol. The molecule has 168 valence electrons. The van der Waals surface area contributed by atoms with E-state index in [1.54, 1.807) is 11.0 Å². The Bertz CT molecular complexity index is 1060. The Morgan fingerprint density at radius 1 is 1.16 bits per heavy atom. The summed E-state index contributed by atoms with van der Waals surface area (Å²) in [6.07, 6.45) is 0. The van der Waals surface area contributed by atoms with Crippen LogP contribution in [0.1, 0.15) is 24.3 Å². The predicted molar refractivity (Wildman–Crippen MR) is 124 cm³/mol. The molecule has 32 heavy (non-hydrogen) atoms. The summed E-state index contributed by atoms with van der Waals surface area (Å²) in [7, 11) is 0. The van der Waals surface area contributed by atoms with E-state index in [0.29, 0.717) is 43.4 Å². The first-order chi connectivity index (χ1) is 15.5. The summed E-state index contributed by atoms with van der Waals surface area (Å²) in [5.41, 5.74) is 1.20. The van der Waals surface area contributed by atoms with Crippen molar-refractivity contribution in [3.8, 4) is 11.3 Å². The molecule has 1 saturated heterocycles. The Balaban J connectivity index is 1.29. The summed E-state index contributed by atoms with van der Waals surface area (Å²) < 4.78 is 6.12. The van der Waals surface area contributed by atoms with Crippen LogP contribution in [0.15, 0.2) is 45.3 Å². The zero-order chi connectivity index (χ0) is 22.5. The van der Waals surface area contributed by atoms with E-state index in [9.17, 15) is 9.59 Å². The topological polar surface area (TPSA) is 104 Å². The number of nitrogens with zero attached hydrogens (tertiary/aromatic N) is 5. The molecule has 0 unspecified atom stereocenters. The van der Waals surface area contributed by atoms with Crippen LogP contribution in [0.4, 0.5) is 5.13 Å². The fourth-order valence-corrected chi connectivity index (χ4v) is 4.96. The number of anilines is 1. The van der Waals surface area contributed by atoms with Gasteiger partial charge in [-0.15, -0.1) is 10.2 Å². The number of rotatable bonds is 7. The molecule has 1 aromatic carbocycles. The van der Waals surface area contributed by atoms with E-state index >= 15 is 0 Å². The predicted octanol–water partition coefficient (Wildman–Crippen LogP) is 2.77. The average Bonchev–Trinajstić information content (AvgIpc) is 3.48. The first-order valence-corrected chi connectivity index (χ1v) is 12.1. The van der Waals surface area contributed by atoms with Gasteiger partial charge < -0.3 is 19.6 Å². The Kier molecular flexibility index (Phi) is 7.05. The van der Waals surface area contributed by atoms with Crippen LogP contribution in [-0.4, -0.2) is 70.0 Å². The van der Waals surface area contributed by atoms with E-state index in [2.05, 4.69) is 25.6 Å². The number of piperazine rings is 1. The Hall–Kier alpha value is -2.92. The first-order valence-electron chi connectivity index (χ1n) is 10.3. The third-order valence-electron chi connectivity index (χ3n) is 4.80. The second kappa shape index (κ2) is 10.1. The van der Waals surface area contributed by atoms with Crippen LogP contribution < -0.4 is 10.2 Å². The fraction of sp³-hybridized carbons (Fsp3) is 0.381. The number of hydrogen-bond acceptors (Lipinski definition) is 9. The number of benzene rings is 1. The Morgan fingerprint density at radius 2 is 1.91 bits per heavy atom. The molecule has 0 saturated carbocycles. The van der Waals surface area contributed by atoms with Crippen molar-refractivity contribution in [2.75, 3.05) is 36.8 Å². The maximum Gasteiger partial charge on any atom is 0.276 e. The number of nitrogens with one attached hydrogen (secondary N) is 1. The smallest absolute Gasteiger partial charge is 0.276 e. The highest BCUT2D eigenvalue weighted by molar-refractivity contribution is 8.01. The molecular formula is C21H24N6O3S2. The van der Waals surface area contributed by atoms with Gasteiger partial charge in [0.15, 0.2) is 15.8 Å². The van der Waals surface area contributed by atoms with Crippen molar-refractivity contribution in [3.63, 3.8) is 0 Å². The van der Waals surface area contributed by atoms with Gasteiger partial charge in [-0.2, -0.15) is 0 Å². The Labute approximate surface area is 194 Å². The van der Waals surface area contributed by atoms with Gasteiger partial charge >= 0.3 is 0 Å². The van der Waals surface area contributed by atoms with E-state index in [1.165, 1.54) is 23.1 Å². The highest BCUT2D eigenvalue weighted by atomic mass is 32.2. The molecule has 4 rings (SSSR count). The van der Waals surface area contributed by atoms with Gasteiger partial charge in [0.2, 0.25) is 11.0 Å². The van der Waals surface area contributed by atoms with Gasteiger partial charge in [-0.05, 0) is 13.8 Å². The van der Waals surface area contributed by atoms with Crippen LogP contribution in [0.5, 0.6) is 0 Å². The fourth-order valence-electron chi connectivity index (χ4n) is 3.26. The highest BCUT2D eigenvalue weighted by Crippen LogP contribution is 2.29. The summed E-state index contributed by atoms with van der Waals surface area (Å²) in [5, 5.41) is 16.1. The lowest BCUT2D eigenvalue weighted by Crippen LogP contribution is -2.48. The number of amides is 2. The molecule has 2 aromatic heterocycles. The normalized spacial score (nSPS) is 14.1. The van der Waals surface area contributed by atoms with Crippen molar-refractivity contribution >= 4 is 40.0 Å². The average molecular weight is 473 g/mol. The van der Waals surface area contributed by atoms with E-state index in [-0.39, 0.29) is 17.9 Å². The highest BCUT2D eigenvalue weighted by Gasteiger charge is 2.26.